The van der Waals surface area contributed by atoms with E-state index in [4.69, 9.17) is 15.3 Å². The lowest BCUT2D eigenvalue weighted by Gasteiger charge is -2.15. The third-order valence-electron chi connectivity index (χ3n) is 2.11. The Balaban J connectivity index is 3.06. The fourth-order valence-electron chi connectivity index (χ4n) is 1.22. The summed E-state index contributed by atoms with van der Waals surface area (Å²) in [5, 5.41) is 35.7. The van der Waals surface area contributed by atoms with Gasteiger partial charge < -0.3 is 20.4 Å². The zero-order valence-electron chi connectivity index (χ0n) is 8.17. The molecule has 4 N–H and O–H groups in total. The molecule has 0 bridgehead atoms. The van der Waals surface area contributed by atoms with Crippen molar-refractivity contribution in [2.24, 2.45) is 0 Å². The SMILES string of the molecule is O=C(O)C(O)C(O)c1cc(CO)ccc1F. The highest BCUT2D eigenvalue weighted by molar-refractivity contribution is 5.73. The Morgan fingerprint density at radius 3 is 2.50 bits per heavy atom. The summed E-state index contributed by atoms with van der Waals surface area (Å²) in [7, 11) is 0. The van der Waals surface area contributed by atoms with Crippen LogP contribution < -0.4 is 0 Å². The Morgan fingerprint density at radius 2 is 2.00 bits per heavy atom. The standard InChI is InChI=1S/C10H11FO5/c11-7-2-1-5(4-12)3-6(7)8(13)9(14)10(15)16/h1-3,8-9,12-14H,4H2,(H,15,16). The van der Waals surface area contributed by atoms with E-state index < -0.39 is 24.0 Å². The lowest BCUT2D eigenvalue weighted by atomic mass is 10.0. The predicted molar refractivity (Wildman–Crippen MR) is 50.9 cm³/mol. The van der Waals surface area contributed by atoms with Crippen LogP contribution >= 0.6 is 0 Å². The van der Waals surface area contributed by atoms with Crippen molar-refractivity contribution in [2.75, 3.05) is 0 Å². The molecule has 0 aliphatic carbocycles. The van der Waals surface area contributed by atoms with Crippen molar-refractivity contribution in [1.29, 1.82) is 0 Å². The minimum atomic E-state index is -2.11. The molecule has 0 spiro atoms. The first kappa shape index (κ1) is 12.6. The van der Waals surface area contributed by atoms with Crippen LogP contribution in [0.2, 0.25) is 0 Å². The smallest absolute Gasteiger partial charge is 0.335 e. The van der Waals surface area contributed by atoms with E-state index >= 15 is 0 Å². The fourth-order valence-corrected chi connectivity index (χ4v) is 1.22. The van der Waals surface area contributed by atoms with Gasteiger partial charge in [0.25, 0.3) is 0 Å². The molecule has 0 amide bonds. The number of halogens is 1. The van der Waals surface area contributed by atoms with Crippen LogP contribution in [0.15, 0.2) is 18.2 Å². The third-order valence-corrected chi connectivity index (χ3v) is 2.11. The van der Waals surface area contributed by atoms with Crippen LogP contribution in [-0.2, 0) is 11.4 Å². The van der Waals surface area contributed by atoms with Crippen molar-refractivity contribution in [1.82, 2.24) is 0 Å². The van der Waals surface area contributed by atoms with Gasteiger partial charge in [-0.05, 0) is 17.7 Å². The number of hydrogen-bond acceptors (Lipinski definition) is 4. The largest absolute Gasteiger partial charge is 0.479 e. The first-order valence-electron chi connectivity index (χ1n) is 4.45. The van der Waals surface area contributed by atoms with Crippen LogP contribution in [0.5, 0.6) is 0 Å². The Kier molecular flexibility index (Phi) is 3.94. The van der Waals surface area contributed by atoms with E-state index in [1.165, 1.54) is 6.07 Å². The van der Waals surface area contributed by atoms with Crippen LogP contribution in [0.25, 0.3) is 0 Å². The molecule has 2 atom stereocenters. The van der Waals surface area contributed by atoms with Crippen molar-refractivity contribution >= 4 is 5.97 Å². The van der Waals surface area contributed by atoms with E-state index in [2.05, 4.69) is 0 Å². The monoisotopic (exact) mass is 230 g/mol. The van der Waals surface area contributed by atoms with Crippen LogP contribution in [0.3, 0.4) is 0 Å². The highest BCUT2D eigenvalue weighted by Gasteiger charge is 2.27. The molecule has 16 heavy (non-hydrogen) atoms. The van der Waals surface area contributed by atoms with Gasteiger partial charge in [0.15, 0.2) is 6.10 Å². The quantitative estimate of drug-likeness (QED) is 0.574. The van der Waals surface area contributed by atoms with Gasteiger partial charge in [0, 0.05) is 5.56 Å². The molecule has 1 aromatic carbocycles. The fraction of sp³-hybridized carbons (Fsp3) is 0.300. The third kappa shape index (κ3) is 2.54. The van der Waals surface area contributed by atoms with Crippen LogP contribution in [0.1, 0.15) is 17.2 Å². The summed E-state index contributed by atoms with van der Waals surface area (Å²) < 4.78 is 13.2. The molecule has 0 aromatic heterocycles. The summed E-state index contributed by atoms with van der Waals surface area (Å²) in [6.45, 7) is -0.372. The Bertz CT molecular complexity index is 393. The van der Waals surface area contributed by atoms with Gasteiger partial charge in [-0.15, -0.1) is 0 Å². The maximum Gasteiger partial charge on any atom is 0.335 e. The summed E-state index contributed by atoms with van der Waals surface area (Å²) in [5.41, 5.74) is -0.0468. The normalized spacial score (nSPS) is 14.5. The summed E-state index contributed by atoms with van der Waals surface area (Å²) in [6, 6.07) is 3.38. The van der Waals surface area contributed by atoms with E-state index in [1.54, 1.807) is 0 Å². The highest BCUT2D eigenvalue weighted by Crippen LogP contribution is 2.22. The molecule has 2 unspecified atom stereocenters. The van der Waals surface area contributed by atoms with Gasteiger partial charge in [0.2, 0.25) is 0 Å². The minimum Gasteiger partial charge on any atom is -0.479 e. The van der Waals surface area contributed by atoms with E-state index in [0.717, 1.165) is 12.1 Å². The van der Waals surface area contributed by atoms with Crippen LogP contribution in [0.4, 0.5) is 4.39 Å². The first-order valence-corrected chi connectivity index (χ1v) is 4.45. The average molecular weight is 230 g/mol. The zero-order valence-corrected chi connectivity index (χ0v) is 8.17. The molecule has 0 saturated heterocycles. The van der Waals surface area contributed by atoms with Gasteiger partial charge in [0.05, 0.1) is 6.61 Å². The molecular weight excluding hydrogens is 219 g/mol. The van der Waals surface area contributed by atoms with E-state index in [0.29, 0.717) is 5.56 Å². The molecular formula is C10H11FO5. The topological polar surface area (TPSA) is 98.0 Å². The number of hydrogen-bond donors (Lipinski definition) is 4. The van der Waals surface area contributed by atoms with Crippen molar-refractivity contribution in [3.05, 3.63) is 35.1 Å². The molecule has 0 saturated carbocycles. The summed E-state index contributed by atoms with van der Waals surface area (Å²) in [6.07, 6.45) is -3.98. The number of carbonyl (C=O) groups is 1. The second-order valence-corrected chi connectivity index (χ2v) is 3.24. The molecule has 0 fully saturated rings. The van der Waals surface area contributed by atoms with Crippen molar-refractivity contribution in [3.8, 4) is 0 Å². The summed E-state index contributed by atoms with van der Waals surface area (Å²) in [4.78, 5) is 10.4. The van der Waals surface area contributed by atoms with Crippen molar-refractivity contribution in [2.45, 2.75) is 18.8 Å². The first-order chi connectivity index (χ1) is 7.47. The number of rotatable bonds is 4. The highest BCUT2D eigenvalue weighted by atomic mass is 19.1. The molecule has 0 aliphatic heterocycles. The zero-order chi connectivity index (χ0) is 12.3. The molecule has 5 nitrogen and oxygen atoms in total. The predicted octanol–water partition coefficient (Wildman–Crippen LogP) is -0.203. The summed E-state index contributed by atoms with van der Waals surface area (Å²) >= 11 is 0. The van der Waals surface area contributed by atoms with E-state index in [1.807, 2.05) is 0 Å². The summed E-state index contributed by atoms with van der Waals surface area (Å²) in [5.74, 6) is -2.49. The van der Waals surface area contributed by atoms with Gasteiger partial charge in [0.1, 0.15) is 11.9 Å². The van der Waals surface area contributed by atoms with Crippen LogP contribution in [-0.4, -0.2) is 32.5 Å². The average Bonchev–Trinajstić information content (AvgIpc) is 2.27. The van der Waals surface area contributed by atoms with Crippen molar-refractivity contribution in [3.63, 3.8) is 0 Å². The van der Waals surface area contributed by atoms with Gasteiger partial charge in [-0.3, -0.25) is 0 Å². The maximum absolute atomic E-state index is 13.2. The van der Waals surface area contributed by atoms with Gasteiger partial charge >= 0.3 is 5.97 Å². The second kappa shape index (κ2) is 5.02. The molecule has 88 valence electrons. The van der Waals surface area contributed by atoms with Gasteiger partial charge in [-0.1, -0.05) is 6.07 Å². The lowest BCUT2D eigenvalue weighted by molar-refractivity contribution is -0.153. The molecule has 0 radical (unpaired) electrons. The lowest BCUT2D eigenvalue weighted by Crippen LogP contribution is -2.28. The maximum atomic E-state index is 13.2. The molecule has 1 rings (SSSR count). The number of aliphatic carboxylic acids is 1. The van der Waals surface area contributed by atoms with Crippen LogP contribution in [0, 0.1) is 5.82 Å². The molecule has 6 heteroatoms. The Morgan fingerprint density at radius 1 is 1.38 bits per heavy atom. The number of carboxylic acid groups (broad SMARTS) is 1. The number of benzene rings is 1. The molecule has 0 heterocycles. The van der Waals surface area contributed by atoms with Gasteiger partial charge in [-0.2, -0.15) is 0 Å². The number of aliphatic hydroxyl groups excluding tert-OH is 3. The van der Waals surface area contributed by atoms with E-state index in [-0.39, 0.29) is 12.2 Å². The number of carboxylic acids is 1. The van der Waals surface area contributed by atoms with Crippen molar-refractivity contribution < 1.29 is 29.6 Å². The second-order valence-electron chi connectivity index (χ2n) is 3.24. The molecule has 1 aromatic rings. The minimum absolute atomic E-state index is 0.313. The van der Waals surface area contributed by atoms with Gasteiger partial charge in [-0.25, -0.2) is 9.18 Å². The number of aliphatic hydroxyl groups is 3. The molecule has 0 aliphatic rings. The van der Waals surface area contributed by atoms with E-state index in [9.17, 15) is 14.3 Å². The Labute approximate surface area is 90.4 Å². The Hall–Kier alpha value is -1.50.